The minimum Gasteiger partial charge on any atom is -0.363 e. The molecule has 3 aromatic rings. The highest BCUT2D eigenvalue weighted by molar-refractivity contribution is 7.90. The van der Waals surface area contributed by atoms with Gasteiger partial charge in [0.05, 0.1) is 21.3 Å². The molecule has 0 radical (unpaired) electrons. The van der Waals surface area contributed by atoms with Crippen molar-refractivity contribution < 1.29 is 13.2 Å². The third kappa shape index (κ3) is 5.13. The zero-order chi connectivity index (χ0) is 24.3. The Labute approximate surface area is 205 Å². The Bertz CT molecular complexity index is 1280. The van der Waals surface area contributed by atoms with Crippen LogP contribution in [0.3, 0.4) is 0 Å². The molecular weight excluding hydrogens is 472 g/mol. The fraction of sp³-hybridized carbons (Fsp3) is 0.240. The quantitative estimate of drug-likeness (QED) is 0.417. The molecule has 0 spiro atoms. The average molecular weight is 499 g/mol. The number of hydrogen-bond donors (Lipinski definition) is 3. The van der Waals surface area contributed by atoms with Crippen molar-refractivity contribution >= 4 is 44.7 Å². The van der Waals surface area contributed by atoms with E-state index in [4.69, 9.17) is 11.6 Å². The van der Waals surface area contributed by atoms with Crippen molar-refractivity contribution in [1.82, 2.24) is 10.0 Å². The van der Waals surface area contributed by atoms with Crippen LogP contribution in [0, 0.1) is 6.92 Å². The SMILES string of the molecule is CCC1Nc2cccc(Cl)c2N1c1ccc(CCNC(=O)NS(=O)(=O)c2ccc(C)cc2)cc1. The van der Waals surface area contributed by atoms with Gasteiger partial charge >= 0.3 is 6.03 Å². The van der Waals surface area contributed by atoms with E-state index < -0.39 is 16.1 Å². The van der Waals surface area contributed by atoms with Crippen molar-refractivity contribution in [2.24, 2.45) is 0 Å². The molecule has 0 saturated carbocycles. The molecule has 4 rings (SSSR count). The summed E-state index contributed by atoms with van der Waals surface area (Å²) in [4.78, 5) is 14.4. The molecular formula is C25H27ClN4O3S. The van der Waals surface area contributed by atoms with Crippen molar-refractivity contribution in [2.75, 3.05) is 16.8 Å². The van der Waals surface area contributed by atoms with Crippen molar-refractivity contribution in [3.63, 3.8) is 0 Å². The molecule has 1 heterocycles. The zero-order valence-corrected chi connectivity index (χ0v) is 20.6. The topological polar surface area (TPSA) is 90.5 Å². The molecule has 2 amide bonds. The summed E-state index contributed by atoms with van der Waals surface area (Å²) in [6, 6.07) is 19.5. The minimum absolute atomic E-state index is 0.0484. The summed E-state index contributed by atoms with van der Waals surface area (Å²) in [6.45, 7) is 4.28. The van der Waals surface area contributed by atoms with Crippen LogP contribution >= 0.6 is 11.6 Å². The molecule has 34 heavy (non-hydrogen) atoms. The highest BCUT2D eigenvalue weighted by Gasteiger charge is 2.30. The van der Waals surface area contributed by atoms with Gasteiger partial charge in [-0.25, -0.2) is 17.9 Å². The normalized spacial score (nSPS) is 14.9. The number of para-hydroxylation sites is 1. The van der Waals surface area contributed by atoms with E-state index in [0.717, 1.165) is 34.6 Å². The van der Waals surface area contributed by atoms with Gasteiger partial charge in [-0.15, -0.1) is 0 Å². The molecule has 1 atom stereocenters. The first kappa shape index (κ1) is 23.9. The molecule has 1 aliphatic heterocycles. The maximum Gasteiger partial charge on any atom is 0.328 e. The molecule has 0 fully saturated rings. The molecule has 0 aromatic heterocycles. The molecule has 7 nitrogen and oxygen atoms in total. The van der Waals surface area contributed by atoms with Crippen molar-refractivity contribution in [3.8, 4) is 0 Å². The highest BCUT2D eigenvalue weighted by Crippen LogP contribution is 2.45. The highest BCUT2D eigenvalue weighted by atomic mass is 35.5. The number of carbonyl (C=O) groups is 1. The summed E-state index contributed by atoms with van der Waals surface area (Å²) in [7, 11) is -3.91. The summed E-state index contributed by atoms with van der Waals surface area (Å²) in [5, 5.41) is 6.81. The molecule has 3 aromatic carbocycles. The Balaban J connectivity index is 1.35. The Kier molecular flexibility index (Phi) is 7.00. The van der Waals surface area contributed by atoms with E-state index in [9.17, 15) is 13.2 Å². The molecule has 1 aliphatic rings. The Morgan fingerprint density at radius 2 is 1.76 bits per heavy atom. The third-order valence-electron chi connectivity index (χ3n) is 5.72. The second-order valence-electron chi connectivity index (χ2n) is 8.17. The second-order valence-corrected chi connectivity index (χ2v) is 10.3. The lowest BCUT2D eigenvalue weighted by molar-refractivity contribution is 0.246. The first-order chi connectivity index (χ1) is 16.3. The second kappa shape index (κ2) is 9.95. The van der Waals surface area contributed by atoms with E-state index in [1.165, 1.54) is 12.1 Å². The van der Waals surface area contributed by atoms with Crippen LogP contribution in [0.4, 0.5) is 21.9 Å². The number of carbonyl (C=O) groups excluding carboxylic acids is 1. The van der Waals surface area contributed by atoms with Gasteiger partial charge in [-0.1, -0.05) is 54.4 Å². The molecule has 0 aliphatic carbocycles. The first-order valence-corrected chi connectivity index (χ1v) is 12.9. The molecule has 9 heteroatoms. The standard InChI is InChI=1S/C25H27ClN4O3S/c1-3-23-28-22-6-4-5-21(26)24(22)30(23)19-11-9-18(10-12-19)15-16-27-25(31)29-34(32,33)20-13-7-17(2)8-14-20/h4-14,23,28H,3,15-16H2,1-2H3,(H2,27,29,31). The lowest BCUT2D eigenvalue weighted by Crippen LogP contribution is -2.40. The monoisotopic (exact) mass is 498 g/mol. The molecule has 178 valence electrons. The van der Waals surface area contributed by atoms with E-state index in [1.54, 1.807) is 12.1 Å². The Morgan fingerprint density at radius 3 is 2.44 bits per heavy atom. The van der Waals surface area contributed by atoms with Gasteiger partial charge in [0.2, 0.25) is 0 Å². The number of rotatable bonds is 7. The molecule has 3 N–H and O–H groups in total. The van der Waals surface area contributed by atoms with Crippen molar-refractivity contribution in [3.05, 3.63) is 82.9 Å². The van der Waals surface area contributed by atoms with Crippen LogP contribution in [-0.2, 0) is 16.4 Å². The van der Waals surface area contributed by atoms with Gasteiger partial charge in [-0.05, 0) is 61.7 Å². The number of halogens is 1. The van der Waals surface area contributed by atoms with Gasteiger partial charge in [0.25, 0.3) is 10.0 Å². The summed E-state index contributed by atoms with van der Waals surface area (Å²) in [6.07, 6.45) is 1.57. The number of nitrogens with one attached hydrogen (secondary N) is 3. The van der Waals surface area contributed by atoms with Gasteiger partial charge in [0, 0.05) is 12.2 Å². The maximum absolute atomic E-state index is 12.3. The van der Waals surface area contributed by atoms with E-state index in [-0.39, 0.29) is 11.1 Å². The first-order valence-electron chi connectivity index (χ1n) is 11.1. The lowest BCUT2D eigenvalue weighted by atomic mass is 10.1. The van der Waals surface area contributed by atoms with Crippen LogP contribution in [0.15, 0.2) is 71.6 Å². The third-order valence-corrected chi connectivity index (χ3v) is 7.37. The molecule has 1 unspecified atom stereocenters. The van der Waals surface area contributed by atoms with Crippen LogP contribution < -0.4 is 20.3 Å². The number of benzene rings is 3. The van der Waals surface area contributed by atoms with E-state index in [0.29, 0.717) is 18.0 Å². The summed E-state index contributed by atoms with van der Waals surface area (Å²) in [5.74, 6) is 0. The van der Waals surface area contributed by atoms with E-state index in [2.05, 4.69) is 22.5 Å². The van der Waals surface area contributed by atoms with Gasteiger partial charge < -0.3 is 15.5 Å². The van der Waals surface area contributed by atoms with Crippen LogP contribution in [-0.4, -0.2) is 27.2 Å². The van der Waals surface area contributed by atoms with Crippen molar-refractivity contribution in [2.45, 2.75) is 37.8 Å². The summed E-state index contributed by atoms with van der Waals surface area (Å²) >= 11 is 6.49. The largest absolute Gasteiger partial charge is 0.363 e. The van der Waals surface area contributed by atoms with Gasteiger partial charge in [-0.3, -0.25) is 0 Å². The number of fused-ring (bicyclic) bond motifs is 1. The van der Waals surface area contributed by atoms with Gasteiger partial charge in [-0.2, -0.15) is 0 Å². The fourth-order valence-corrected chi connectivity index (χ4v) is 5.14. The number of urea groups is 1. The predicted molar refractivity (Wildman–Crippen MR) is 136 cm³/mol. The Morgan fingerprint density at radius 1 is 1.06 bits per heavy atom. The molecule has 0 saturated heterocycles. The Hall–Kier alpha value is -3.23. The number of hydrogen-bond acceptors (Lipinski definition) is 5. The van der Waals surface area contributed by atoms with Gasteiger partial charge in [0.15, 0.2) is 0 Å². The smallest absolute Gasteiger partial charge is 0.328 e. The van der Waals surface area contributed by atoms with Gasteiger partial charge in [0.1, 0.15) is 6.17 Å². The lowest BCUT2D eigenvalue weighted by Gasteiger charge is -2.26. The number of sulfonamides is 1. The van der Waals surface area contributed by atoms with Crippen molar-refractivity contribution in [1.29, 1.82) is 0 Å². The van der Waals surface area contributed by atoms with E-state index >= 15 is 0 Å². The number of aryl methyl sites for hydroxylation is 1. The predicted octanol–water partition coefficient (Wildman–Crippen LogP) is 5.18. The number of anilines is 3. The number of amides is 2. The van der Waals surface area contributed by atoms with Crippen LogP contribution in [0.1, 0.15) is 24.5 Å². The van der Waals surface area contributed by atoms with E-state index in [1.807, 2.05) is 54.1 Å². The van der Waals surface area contributed by atoms with Crippen LogP contribution in [0.25, 0.3) is 0 Å². The zero-order valence-electron chi connectivity index (χ0n) is 19.0. The summed E-state index contributed by atoms with van der Waals surface area (Å²) < 4.78 is 26.7. The fourth-order valence-electron chi connectivity index (χ4n) is 3.95. The van der Waals surface area contributed by atoms with Crippen LogP contribution in [0.2, 0.25) is 5.02 Å². The average Bonchev–Trinajstić information content (AvgIpc) is 3.19. The minimum atomic E-state index is -3.91. The molecule has 0 bridgehead atoms. The maximum atomic E-state index is 12.3. The summed E-state index contributed by atoms with van der Waals surface area (Å²) in [5.41, 5.74) is 4.96. The number of nitrogens with zero attached hydrogens (tertiary/aromatic N) is 1. The van der Waals surface area contributed by atoms with Crippen LogP contribution in [0.5, 0.6) is 0 Å².